The molecule has 4 nitrogen and oxygen atoms in total. The van der Waals surface area contributed by atoms with Crippen molar-refractivity contribution in [1.29, 1.82) is 0 Å². The summed E-state index contributed by atoms with van der Waals surface area (Å²) in [4.78, 5) is 14.3. The maximum Gasteiger partial charge on any atom is 0.248 e. The highest BCUT2D eigenvalue weighted by Crippen LogP contribution is 1.99. The van der Waals surface area contributed by atoms with E-state index in [-0.39, 0.29) is 5.91 Å². The third-order valence-corrected chi connectivity index (χ3v) is 1.91. The second kappa shape index (κ2) is 7.00. The van der Waals surface area contributed by atoms with Crippen LogP contribution in [-0.2, 0) is 0 Å². The van der Waals surface area contributed by atoms with E-state index in [9.17, 15) is 4.79 Å². The van der Waals surface area contributed by atoms with Crippen molar-refractivity contribution < 1.29 is 9.53 Å². The molecule has 0 spiro atoms. The fourth-order valence-corrected chi connectivity index (χ4v) is 1.07. The minimum absolute atomic E-state index is 0.379. The Kier molecular flexibility index (Phi) is 5.24. The number of rotatable bonds is 2. The Morgan fingerprint density at radius 2 is 1.76 bits per heavy atom. The van der Waals surface area contributed by atoms with E-state index in [2.05, 4.69) is 4.98 Å². The first-order chi connectivity index (χ1) is 8.24. The van der Waals surface area contributed by atoms with E-state index < -0.39 is 0 Å². The van der Waals surface area contributed by atoms with Crippen molar-refractivity contribution >= 4 is 5.91 Å². The zero-order valence-electron chi connectivity index (χ0n) is 9.54. The normalized spacial score (nSPS) is 8.76. The zero-order chi connectivity index (χ0) is 12.5. The van der Waals surface area contributed by atoms with Crippen LogP contribution >= 0.6 is 0 Å². The summed E-state index contributed by atoms with van der Waals surface area (Å²) in [5, 5.41) is 0. The number of hydrogen-bond acceptors (Lipinski definition) is 3. The van der Waals surface area contributed by atoms with Gasteiger partial charge in [0.05, 0.1) is 7.11 Å². The number of benzene rings is 1. The van der Waals surface area contributed by atoms with Gasteiger partial charge in [0.25, 0.3) is 0 Å². The van der Waals surface area contributed by atoms with Crippen molar-refractivity contribution in [2.45, 2.75) is 0 Å². The van der Waals surface area contributed by atoms with Gasteiger partial charge < -0.3 is 10.5 Å². The monoisotopic (exact) mass is 230 g/mol. The summed E-state index contributed by atoms with van der Waals surface area (Å²) >= 11 is 0. The van der Waals surface area contributed by atoms with Crippen LogP contribution in [0.5, 0.6) is 5.88 Å². The predicted molar refractivity (Wildman–Crippen MR) is 65.7 cm³/mol. The molecule has 0 saturated heterocycles. The molecule has 2 N–H and O–H groups in total. The van der Waals surface area contributed by atoms with E-state index in [0.29, 0.717) is 11.4 Å². The third kappa shape index (κ3) is 4.79. The largest absolute Gasteiger partial charge is 0.481 e. The predicted octanol–water partition coefficient (Wildman–Crippen LogP) is 1.88. The molecule has 0 bridgehead atoms. The maximum absolute atomic E-state index is 10.4. The van der Waals surface area contributed by atoms with Gasteiger partial charge in [-0.05, 0) is 18.2 Å². The Labute approximate surface area is 100 Å². The van der Waals surface area contributed by atoms with E-state index in [0.717, 1.165) is 0 Å². The first kappa shape index (κ1) is 12.7. The molecular weight excluding hydrogens is 216 g/mol. The summed E-state index contributed by atoms with van der Waals surface area (Å²) in [7, 11) is 1.60. The van der Waals surface area contributed by atoms with Crippen molar-refractivity contribution in [3.8, 4) is 5.88 Å². The van der Waals surface area contributed by atoms with E-state index in [1.807, 2.05) is 18.2 Å². The first-order valence-corrected chi connectivity index (χ1v) is 5.04. The summed E-state index contributed by atoms with van der Waals surface area (Å²) in [6, 6.07) is 14.3. The van der Waals surface area contributed by atoms with Gasteiger partial charge in [0.2, 0.25) is 11.8 Å². The summed E-state index contributed by atoms with van der Waals surface area (Å²) < 4.78 is 4.80. The van der Waals surface area contributed by atoms with E-state index in [1.54, 1.807) is 43.6 Å². The standard InChI is InChI=1S/C7H7NO.C6H7NO/c8-7(9)6-4-2-1-3-5-6;1-8-6-4-2-3-5-7-6/h1-5H,(H2,8,9);2-5H,1H3. The fourth-order valence-electron chi connectivity index (χ4n) is 1.07. The molecule has 0 aliphatic carbocycles. The number of amides is 1. The Morgan fingerprint density at radius 3 is 2.12 bits per heavy atom. The molecule has 0 unspecified atom stereocenters. The second-order valence-electron chi connectivity index (χ2n) is 3.10. The first-order valence-electron chi connectivity index (χ1n) is 5.04. The number of nitrogens with zero attached hydrogens (tertiary/aromatic N) is 1. The van der Waals surface area contributed by atoms with Crippen molar-refractivity contribution in [2.24, 2.45) is 5.73 Å². The lowest BCUT2D eigenvalue weighted by Gasteiger charge is -1.92. The smallest absolute Gasteiger partial charge is 0.248 e. The molecule has 2 rings (SSSR count). The summed E-state index contributed by atoms with van der Waals surface area (Å²) in [6.45, 7) is 0. The molecule has 0 aliphatic rings. The van der Waals surface area contributed by atoms with Crippen LogP contribution in [0.3, 0.4) is 0 Å². The van der Waals surface area contributed by atoms with Crippen molar-refractivity contribution in [3.05, 3.63) is 60.3 Å². The summed E-state index contributed by atoms with van der Waals surface area (Å²) in [5.74, 6) is 0.281. The van der Waals surface area contributed by atoms with Gasteiger partial charge in [-0.3, -0.25) is 4.79 Å². The van der Waals surface area contributed by atoms with Crippen molar-refractivity contribution in [2.75, 3.05) is 7.11 Å². The maximum atomic E-state index is 10.4. The number of methoxy groups -OCH3 is 1. The van der Waals surface area contributed by atoms with E-state index >= 15 is 0 Å². The average Bonchev–Trinajstić information content (AvgIpc) is 2.41. The zero-order valence-corrected chi connectivity index (χ0v) is 9.54. The molecule has 17 heavy (non-hydrogen) atoms. The van der Waals surface area contributed by atoms with Crippen LogP contribution in [0.15, 0.2) is 54.7 Å². The quantitative estimate of drug-likeness (QED) is 0.856. The van der Waals surface area contributed by atoms with Gasteiger partial charge in [-0.25, -0.2) is 4.98 Å². The topological polar surface area (TPSA) is 65.2 Å². The molecule has 2 aromatic rings. The van der Waals surface area contributed by atoms with Gasteiger partial charge in [0.1, 0.15) is 0 Å². The molecule has 1 amide bonds. The van der Waals surface area contributed by atoms with Crippen LogP contribution in [0.1, 0.15) is 10.4 Å². The number of pyridine rings is 1. The summed E-state index contributed by atoms with van der Waals surface area (Å²) in [5.41, 5.74) is 5.53. The number of nitrogens with two attached hydrogens (primary N) is 1. The highest BCUT2D eigenvalue weighted by atomic mass is 16.5. The van der Waals surface area contributed by atoms with Crippen molar-refractivity contribution in [1.82, 2.24) is 4.98 Å². The lowest BCUT2D eigenvalue weighted by molar-refractivity contribution is 0.100. The number of primary amides is 1. The van der Waals surface area contributed by atoms with Gasteiger partial charge in [-0.15, -0.1) is 0 Å². The molecule has 0 aliphatic heterocycles. The minimum atomic E-state index is -0.379. The second-order valence-corrected chi connectivity index (χ2v) is 3.10. The van der Waals surface area contributed by atoms with Gasteiger partial charge in [0.15, 0.2) is 0 Å². The van der Waals surface area contributed by atoms with Gasteiger partial charge in [-0.1, -0.05) is 24.3 Å². The minimum Gasteiger partial charge on any atom is -0.481 e. The van der Waals surface area contributed by atoms with Gasteiger partial charge in [-0.2, -0.15) is 0 Å². The Bertz CT molecular complexity index is 443. The Balaban J connectivity index is 0.000000171. The lowest BCUT2D eigenvalue weighted by atomic mass is 10.2. The van der Waals surface area contributed by atoms with Gasteiger partial charge in [0, 0.05) is 17.8 Å². The van der Waals surface area contributed by atoms with Crippen LogP contribution in [0, 0.1) is 0 Å². The molecule has 0 atom stereocenters. The number of carbonyl (C=O) groups is 1. The fraction of sp³-hybridized carbons (Fsp3) is 0.0769. The van der Waals surface area contributed by atoms with E-state index in [4.69, 9.17) is 10.5 Å². The lowest BCUT2D eigenvalue weighted by Crippen LogP contribution is -2.09. The van der Waals surface area contributed by atoms with Crippen LogP contribution < -0.4 is 10.5 Å². The van der Waals surface area contributed by atoms with Crippen LogP contribution in [0.4, 0.5) is 0 Å². The Morgan fingerprint density at radius 1 is 1.12 bits per heavy atom. The molecule has 88 valence electrons. The highest BCUT2D eigenvalue weighted by Gasteiger charge is 1.93. The molecule has 0 fully saturated rings. The number of carbonyl (C=O) groups excluding carboxylic acids is 1. The SMILES string of the molecule is COc1ccccn1.NC(=O)c1ccccc1. The third-order valence-electron chi connectivity index (χ3n) is 1.91. The molecule has 1 aromatic heterocycles. The summed E-state index contributed by atoms with van der Waals surface area (Å²) in [6.07, 6.45) is 1.69. The number of hydrogen-bond donors (Lipinski definition) is 1. The molecule has 1 aromatic carbocycles. The molecule has 4 heteroatoms. The Hall–Kier alpha value is -2.36. The van der Waals surface area contributed by atoms with Crippen LogP contribution in [0.2, 0.25) is 0 Å². The molecule has 0 radical (unpaired) electrons. The highest BCUT2D eigenvalue weighted by molar-refractivity contribution is 5.92. The molecular formula is C13H14N2O2. The number of aromatic nitrogens is 1. The molecule has 0 saturated carbocycles. The van der Waals surface area contributed by atoms with E-state index in [1.165, 1.54) is 0 Å². The van der Waals surface area contributed by atoms with Gasteiger partial charge >= 0.3 is 0 Å². The van der Waals surface area contributed by atoms with Crippen LogP contribution in [0.25, 0.3) is 0 Å². The number of ether oxygens (including phenoxy) is 1. The average molecular weight is 230 g/mol. The van der Waals surface area contributed by atoms with Crippen LogP contribution in [-0.4, -0.2) is 18.0 Å². The van der Waals surface area contributed by atoms with Crippen molar-refractivity contribution in [3.63, 3.8) is 0 Å². The molecule has 1 heterocycles.